The molecule has 224 valence electrons. The van der Waals surface area contributed by atoms with E-state index in [1.54, 1.807) is 0 Å². The maximum Gasteiger partial charge on any atom is 0.353 e. The minimum Gasteiger partial charge on any atom is -0.377 e. The van der Waals surface area contributed by atoms with Gasteiger partial charge in [-0.2, -0.15) is 0 Å². The van der Waals surface area contributed by atoms with Crippen LogP contribution in [0.15, 0.2) is 30.3 Å². The van der Waals surface area contributed by atoms with Gasteiger partial charge in [-0.1, -0.05) is 63.1 Å². The highest BCUT2D eigenvalue weighted by atomic mass is 32.2. The molecule has 2 aliphatic heterocycles. The van der Waals surface area contributed by atoms with Crippen molar-refractivity contribution in [3.8, 4) is 0 Å². The number of hydrogen-bond acceptors (Lipinski definition) is 11. The van der Waals surface area contributed by atoms with Gasteiger partial charge in [-0.25, -0.2) is 9.69 Å². The monoisotopic (exact) mass is 580 g/mol. The molecule has 2 unspecified atom stereocenters. The number of hydrogen-bond donors (Lipinski definition) is 1. The molecular weight excluding hydrogens is 536 g/mol. The molecule has 1 fully saturated rings. The van der Waals surface area contributed by atoms with E-state index in [0.717, 1.165) is 38.2 Å². The quantitative estimate of drug-likeness (QED) is 0.327. The number of carbonyl (C=O) groups is 3. The highest BCUT2D eigenvalue weighted by Crippen LogP contribution is 2.35. The summed E-state index contributed by atoms with van der Waals surface area (Å²) in [6.07, 6.45) is -0.0491. The highest BCUT2D eigenvalue weighted by molar-refractivity contribution is 8.08. The van der Waals surface area contributed by atoms with Crippen LogP contribution in [0.5, 0.6) is 0 Å². The van der Waals surface area contributed by atoms with E-state index in [2.05, 4.69) is 37.5 Å². The smallest absolute Gasteiger partial charge is 0.353 e. The fourth-order valence-electron chi connectivity index (χ4n) is 4.70. The number of likely N-dealkylation sites (N-methyl/N-ethyl adjacent to an activating group) is 2. The van der Waals surface area contributed by atoms with Crippen molar-refractivity contribution in [3.63, 3.8) is 0 Å². The number of nitrogens with zero attached hydrogens (tertiary/aromatic N) is 4. The molecule has 0 spiro atoms. The van der Waals surface area contributed by atoms with Gasteiger partial charge in [0.15, 0.2) is 5.60 Å². The number of benzene rings is 1. The zero-order valence-corrected chi connectivity index (χ0v) is 25.0. The van der Waals surface area contributed by atoms with Gasteiger partial charge in [0, 0.05) is 32.7 Å². The van der Waals surface area contributed by atoms with Gasteiger partial charge >= 0.3 is 17.9 Å². The molecule has 2 bridgehead atoms. The van der Waals surface area contributed by atoms with E-state index < -0.39 is 47.4 Å². The maximum atomic E-state index is 13.0. The van der Waals surface area contributed by atoms with Crippen molar-refractivity contribution in [2.75, 3.05) is 58.9 Å². The molecule has 1 saturated heterocycles. The van der Waals surface area contributed by atoms with Crippen LogP contribution in [0.25, 0.3) is 0 Å². The molecule has 1 aromatic rings. The Morgan fingerprint density at radius 3 is 2.00 bits per heavy atom. The summed E-state index contributed by atoms with van der Waals surface area (Å²) in [5.74, 6) is -2.68. The predicted molar refractivity (Wildman–Crippen MR) is 154 cm³/mol. The summed E-state index contributed by atoms with van der Waals surface area (Å²) >= 11 is -1.83. The Morgan fingerprint density at radius 1 is 0.850 bits per heavy atom. The number of rotatable bonds is 14. The molecule has 0 saturated carbocycles. The average molecular weight is 581 g/mol. The van der Waals surface area contributed by atoms with E-state index in [1.807, 2.05) is 35.2 Å². The molecule has 0 aromatic heterocycles. The van der Waals surface area contributed by atoms with Crippen molar-refractivity contribution in [1.29, 1.82) is 0 Å². The molecule has 12 heteroatoms. The fraction of sp³-hybridized carbons (Fsp3) is 0.643. The Morgan fingerprint density at radius 2 is 1.43 bits per heavy atom. The average Bonchev–Trinajstić information content (AvgIpc) is 3.01. The van der Waals surface area contributed by atoms with Crippen molar-refractivity contribution in [3.05, 3.63) is 35.9 Å². The van der Waals surface area contributed by atoms with Crippen molar-refractivity contribution in [2.24, 2.45) is 0 Å². The number of fused-ring (bicyclic) bond motifs is 3. The summed E-state index contributed by atoms with van der Waals surface area (Å²) in [6, 6.07) is 9.96. The van der Waals surface area contributed by atoms with Crippen LogP contribution in [-0.4, -0.2) is 112 Å². The lowest BCUT2D eigenvalue weighted by Crippen LogP contribution is -2.51. The third-order valence-electron chi connectivity index (χ3n) is 7.25. The molecule has 1 N–H and O–H groups in total. The molecule has 2 heterocycles. The van der Waals surface area contributed by atoms with Gasteiger partial charge in [0.1, 0.15) is 0 Å². The first-order valence-electron chi connectivity index (χ1n) is 14.2. The standard InChI is InChI=1S/C28H44N4O7S/c1-5-29(6-2)17-19-31(20-18-30(7-3)8-4)27-32(16-12-15-23-13-10-9-11-14-23)37-24(33)21-28(36)22-25(34)38-40(27)39-26(28)35/h9-11,13-14,36H,5-8,12,15-22H2,1-4H3. The zero-order chi connectivity index (χ0) is 29.1. The van der Waals surface area contributed by atoms with Gasteiger partial charge in [0.2, 0.25) is 16.2 Å². The van der Waals surface area contributed by atoms with Crippen LogP contribution in [0.3, 0.4) is 0 Å². The molecule has 40 heavy (non-hydrogen) atoms. The minimum absolute atomic E-state index is 0.278. The number of aryl methyl sites for hydroxylation is 1. The number of carbonyl (C=O) groups excluding carboxylic acids is 3. The Labute approximate surface area is 240 Å². The Bertz CT molecular complexity index is 1020. The van der Waals surface area contributed by atoms with E-state index in [-0.39, 0.29) is 6.54 Å². The normalized spacial score (nSPS) is 23.1. The van der Waals surface area contributed by atoms with Gasteiger partial charge in [0.05, 0.1) is 12.8 Å². The van der Waals surface area contributed by atoms with Gasteiger partial charge < -0.3 is 28.1 Å². The van der Waals surface area contributed by atoms with Crippen LogP contribution >= 0.6 is 11.0 Å². The maximum absolute atomic E-state index is 13.0. The molecule has 3 rings (SSSR count). The molecular formula is C28H44N4O7S. The zero-order valence-electron chi connectivity index (χ0n) is 24.2. The SMILES string of the molecule is CCN(CC)CCN(CCN(CC)CC)/C1=S2\OC(=O)CC(O)(CC(=O)ON1CCCc1ccccc1)C(=O)O2. The number of aliphatic hydroxyl groups is 1. The first-order valence-corrected chi connectivity index (χ1v) is 15.3. The van der Waals surface area contributed by atoms with Crippen molar-refractivity contribution in [2.45, 2.75) is 59.0 Å². The van der Waals surface area contributed by atoms with E-state index in [1.165, 1.54) is 5.06 Å². The Balaban J connectivity index is 2.04. The molecule has 0 aliphatic carbocycles. The second-order valence-corrected chi connectivity index (χ2v) is 11.1. The van der Waals surface area contributed by atoms with Gasteiger partial charge in [-0.15, -0.1) is 0 Å². The first-order chi connectivity index (χ1) is 19.2. The van der Waals surface area contributed by atoms with Crippen LogP contribution in [0.2, 0.25) is 0 Å². The lowest BCUT2D eigenvalue weighted by atomic mass is 9.96. The Hall–Kier alpha value is -2.35. The summed E-state index contributed by atoms with van der Waals surface area (Å²) < 4.78 is 11.3. The first kappa shape index (κ1) is 32.2. The van der Waals surface area contributed by atoms with Gasteiger partial charge in [0.25, 0.3) is 0 Å². The summed E-state index contributed by atoms with van der Waals surface area (Å²) in [6.45, 7) is 14.5. The molecule has 0 radical (unpaired) electrons. The molecule has 2 aliphatic rings. The predicted octanol–water partition coefficient (Wildman–Crippen LogP) is 2.18. The van der Waals surface area contributed by atoms with Crippen LogP contribution in [0, 0.1) is 0 Å². The van der Waals surface area contributed by atoms with E-state index in [0.29, 0.717) is 37.7 Å². The minimum atomic E-state index is -2.34. The summed E-state index contributed by atoms with van der Waals surface area (Å²) in [5.41, 5.74) is -1.21. The fourth-order valence-corrected chi connectivity index (χ4v) is 6.09. The van der Waals surface area contributed by atoms with E-state index >= 15 is 0 Å². The summed E-state index contributed by atoms with van der Waals surface area (Å²) in [5, 5.41) is 12.6. The molecule has 11 nitrogen and oxygen atoms in total. The second kappa shape index (κ2) is 15.6. The van der Waals surface area contributed by atoms with Crippen LogP contribution < -0.4 is 0 Å². The van der Waals surface area contributed by atoms with Crippen molar-refractivity contribution in [1.82, 2.24) is 19.8 Å². The van der Waals surface area contributed by atoms with Crippen LogP contribution in [0.4, 0.5) is 0 Å². The third kappa shape index (κ3) is 8.82. The van der Waals surface area contributed by atoms with Gasteiger partial charge in [-0.3, -0.25) is 9.59 Å². The number of hydroxylamine groups is 2. The highest BCUT2D eigenvalue weighted by Gasteiger charge is 2.49. The third-order valence-corrected chi connectivity index (χ3v) is 8.65. The largest absolute Gasteiger partial charge is 0.377 e. The molecule has 2 atom stereocenters. The van der Waals surface area contributed by atoms with Gasteiger partial charge in [-0.05, 0) is 44.6 Å². The summed E-state index contributed by atoms with van der Waals surface area (Å²) in [4.78, 5) is 51.2. The second-order valence-electron chi connectivity index (χ2n) is 9.92. The lowest BCUT2D eigenvalue weighted by Gasteiger charge is -2.34. The van der Waals surface area contributed by atoms with E-state index in [9.17, 15) is 19.5 Å². The van der Waals surface area contributed by atoms with Crippen LogP contribution in [0.1, 0.15) is 52.5 Å². The lowest BCUT2D eigenvalue weighted by molar-refractivity contribution is -0.184. The van der Waals surface area contributed by atoms with E-state index in [4.69, 9.17) is 13.2 Å². The topological polar surface area (TPSA) is 112 Å². The van der Waals surface area contributed by atoms with Crippen molar-refractivity contribution < 1.29 is 32.7 Å². The molecule has 0 amide bonds. The van der Waals surface area contributed by atoms with Crippen LogP contribution in [-0.2, 0) is 34.0 Å². The Kier molecular flexibility index (Phi) is 12.5. The molecule has 1 aromatic carbocycles. The summed E-state index contributed by atoms with van der Waals surface area (Å²) in [7, 11) is 0. The van der Waals surface area contributed by atoms with Crippen molar-refractivity contribution >= 4 is 34.1 Å².